The van der Waals surface area contributed by atoms with E-state index >= 15 is 4.39 Å². The van der Waals surface area contributed by atoms with E-state index < -0.39 is 17.6 Å². The van der Waals surface area contributed by atoms with Crippen molar-refractivity contribution in [2.75, 3.05) is 37.7 Å². The molecule has 38 heavy (non-hydrogen) atoms. The molecule has 0 saturated carbocycles. The number of rotatable bonds is 4. The summed E-state index contributed by atoms with van der Waals surface area (Å²) in [6.45, 7) is 11.1. The number of amides is 1. The highest BCUT2D eigenvalue weighted by Crippen LogP contribution is 2.40. The molecule has 5 atom stereocenters. The Kier molecular flexibility index (Phi) is 7.48. The summed E-state index contributed by atoms with van der Waals surface area (Å²) in [5.74, 6) is -2.24. The maximum atomic E-state index is 15.0. The molecule has 5 nitrogen and oxygen atoms in total. The number of ether oxygens (including phenoxy) is 1. The second-order valence-corrected chi connectivity index (χ2v) is 11.9. The molecule has 0 spiro atoms. The highest BCUT2D eigenvalue weighted by molar-refractivity contribution is 5.81. The van der Waals surface area contributed by atoms with Gasteiger partial charge in [0.25, 0.3) is 0 Å². The normalized spacial score (nSPS) is 30.0. The van der Waals surface area contributed by atoms with E-state index in [4.69, 9.17) is 4.74 Å². The van der Waals surface area contributed by atoms with Crippen LogP contribution >= 0.6 is 0 Å². The lowest BCUT2D eigenvalue weighted by atomic mass is 9.87. The Bertz CT molecular complexity index is 1150. The number of benzene rings is 2. The van der Waals surface area contributed by atoms with Crippen LogP contribution in [0, 0.1) is 23.4 Å². The third kappa shape index (κ3) is 5.43. The fourth-order valence-electron chi connectivity index (χ4n) is 6.87. The summed E-state index contributed by atoms with van der Waals surface area (Å²) in [6.07, 6.45) is 1.71. The molecule has 3 aliphatic rings. The van der Waals surface area contributed by atoms with E-state index in [-0.39, 0.29) is 41.4 Å². The number of piperazine rings is 1. The standard InChI is InChI=1S/C30H38F3N3O2/c1-19-15-35(16-20(2)36(19)23-8-5-21(31)6-9-23)29(37)27-18-34(24-11-12-38-30(3,4)14-24)17-26(27)25-10-7-22(32)13-28(25)33/h5-10,13,19-20,24,26-27H,11-12,14-18H2,1-4H3/t19-,20+,24?,26-,27+/m0/s1. The van der Waals surface area contributed by atoms with Crippen LogP contribution in [-0.4, -0.2) is 72.2 Å². The average molecular weight is 530 g/mol. The van der Waals surface area contributed by atoms with Crippen LogP contribution in [0.4, 0.5) is 18.9 Å². The zero-order chi connectivity index (χ0) is 27.2. The average Bonchev–Trinajstić information content (AvgIpc) is 3.29. The van der Waals surface area contributed by atoms with Crippen LogP contribution in [0.5, 0.6) is 0 Å². The Hall–Kier alpha value is -2.58. The van der Waals surface area contributed by atoms with E-state index in [2.05, 4.69) is 37.5 Å². The highest BCUT2D eigenvalue weighted by atomic mass is 19.1. The summed E-state index contributed by atoms with van der Waals surface area (Å²) in [7, 11) is 0. The molecule has 0 N–H and O–H groups in total. The molecule has 0 radical (unpaired) electrons. The molecule has 0 aromatic heterocycles. The number of carbonyl (C=O) groups excluding carboxylic acids is 1. The quantitative estimate of drug-likeness (QED) is 0.546. The van der Waals surface area contributed by atoms with Crippen molar-refractivity contribution in [2.24, 2.45) is 5.92 Å². The topological polar surface area (TPSA) is 36.0 Å². The first-order valence-corrected chi connectivity index (χ1v) is 13.7. The maximum absolute atomic E-state index is 15.0. The maximum Gasteiger partial charge on any atom is 0.227 e. The van der Waals surface area contributed by atoms with Gasteiger partial charge in [-0.1, -0.05) is 6.07 Å². The van der Waals surface area contributed by atoms with Gasteiger partial charge in [-0.25, -0.2) is 13.2 Å². The molecule has 1 unspecified atom stereocenters. The summed E-state index contributed by atoms with van der Waals surface area (Å²) in [5.41, 5.74) is 1.09. The summed E-state index contributed by atoms with van der Waals surface area (Å²) in [5, 5.41) is 0. The molecule has 0 bridgehead atoms. The SMILES string of the molecule is C[C@@H]1CN(C(=O)[C@@H]2CN(C3CCOC(C)(C)C3)C[C@H]2c2ccc(F)cc2F)C[C@H](C)N1c1ccc(F)cc1. The van der Waals surface area contributed by atoms with Gasteiger partial charge in [0.2, 0.25) is 5.91 Å². The largest absolute Gasteiger partial charge is 0.375 e. The molecule has 2 aromatic rings. The second kappa shape index (κ2) is 10.5. The summed E-state index contributed by atoms with van der Waals surface area (Å²) >= 11 is 0. The van der Waals surface area contributed by atoms with E-state index in [1.807, 2.05) is 4.90 Å². The van der Waals surface area contributed by atoms with E-state index in [1.54, 1.807) is 12.1 Å². The predicted molar refractivity (Wildman–Crippen MR) is 142 cm³/mol. The molecule has 3 fully saturated rings. The first-order chi connectivity index (χ1) is 18.0. The van der Waals surface area contributed by atoms with Crippen molar-refractivity contribution in [3.63, 3.8) is 0 Å². The van der Waals surface area contributed by atoms with Crippen molar-refractivity contribution in [3.8, 4) is 0 Å². The molecule has 206 valence electrons. The Morgan fingerprint density at radius 1 is 0.921 bits per heavy atom. The van der Waals surface area contributed by atoms with Crippen LogP contribution in [0.15, 0.2) is 42.5 Å². The Morgan fingerprint density at radius 3 is 2.21 bits per heavy atom. The Balaban J connectivity index is 1.38. The van der Waals surface area contributed by atoms with Crippen molar-refractivity contribution in [1.29, 1.82) is 0 Å². The van der Waals surface area contributed by atoms with E-state index in [1.165, 1.54) is 24.3 Å². The lowest BCUT2D eigenvalue weighted by Gasteiger charge is -2.46. The van der Waals surface area contributed by atoms with Crippen molar-refractivity contribution in [3.05, 3.63) is 65.5 Å². The number of nitrogens with zero attached hydrogens (tertiary/aromatic N) is 3. The van der Waals surface area contributed by atoms with Gasteiger partial charge in [-0.05, 0) is 76.4 Å². The van der Waals surface area contributed by atoms with Crippen LogP contribution < -0.4 is 4.90 Å². The molecule has 0 aliphatic carbocycles. The van der Waals surface area contributed by atoms with Gasteiger partial charge in [-0.2, -0.15) is 0 Å². The van der Waals surface area contributed by atoms with Gasteiger partial charge in [0.05, 0.1) is 11.5 Å². The molecule has 8 heteroatoms. The molecular weight excluding hydrogens is 491 g/mol. The summed E-state index contributed by atoms with van der Waals surface area (Å²) < 4.78 is 48.2. The summed E-state index contributed by atoms with van der Waals surface area (Å²) in [4.78, 5) is 20.6. The zero-order valence-electron chi connectivity index (χ0n) is 22.7. The first kappa shape index (κ1) is 27.0. The van der Waals surface area contributed by atoms with Crippen LogP contribution in [0.1, 0.15) is 52.0 Å². The fourth-order valence-corrected chi connectivity index (χ4v) is 6.87. The number of hydrogen-bond donors (Lipinski definition) is 0. The van der Waals surface area contributed by atoms with Gasteiger partial charge in [0.1, 0.15) is 17.5 Å². The molecule has 2 aromatic carbocycles. The minimum atomic E-state index is -0.616. The molecule has 3 aliphatic heterocycles. The molecule has 3 heterocycles. The Morgan fingerprint density at radius 2 is 1.58 bits per heavy atom. The monoisotopic (exact) mass is 529 g/mol. The van der Waals surface area contributed by atoms with E-state index in [0.717, 1.165) is 24.6 Å². The third-order valence-corrected chi connectivity index (χ3v) is 8.57. The van der Waals surface area contributed by atoms with Crippen molar-refractivity contribution in [2.45, 2.75) is 70.2 Å². The summed E-state index contributed by atoms with van der Waals surface area (Å²) in [6, 6.07) is 10.5. The van der Waals surface area contributed by atoms with Crippen molar-refractivity contribution < 1.29 is 22.7 Å². The molecule has 3 saturated heterocycles. The second-order valence-electron chi connectivity index (χ2n) is 11.9. The van der Waals surface area contributed by atoms with Crippen LogP contribution in [0.3, 0.4) is 0 Å². The molecular formula is C30H38F3N3O2. The Labute approximate surface area is 223 Å². The molecule has 1 amide bonds. The predicted octanol–water partition coefficient (Wildman–Crippen LogP) is 5.20. The van der Waals surface area contributed by atoms with E-state index in [9.17, 15) is 13.6 Å². The van der Waals surface area contributed by atoms with Crippen molar-refractivity contribution >= 4 is 11.6 Å². The van der Waals surface area contributed by atoms with Crippen LogP contribution in [-0.2, 0) is 9.53 Å². The lowest BCUT2D eigenvalue weighted by Crippen LogP contribution is -2.59. The van der Waals surface area contributed by atoms with Crippen molar-refractivity contribution in [1.82, 2.24) is 9.80 Å². The van der Waals surface area contributed by atoms with Gasteiger partial charge >= 0.3 is 0 Å². The highest BCUT2D eigenvalue weighted by Gasteiger charge is 2.46. The first-order valence-electron chi connectivity index (χ1n) is 13.7. The van der Waals surface area contributed by atoms with Gasteiger partial charge in [-0.15, -0.1) is 0 Å². The smallest absolute Gasteiger partial charge is 0.227 e. The lowest BCUT2D eigenvalue weighted by molar-refractivity contribution is -0.137. The number of halogens is 3. The minimum absolute atomic E-state index is 0.0185. The van der Waals surface area contributed by atoms with Crippen LogP contribution in [0.25, 0.3) is 0 Å². The number of likely N-dealkylation sites (tertiary alicyclic amines) is 1. The zero-order valence-corrected chi connectivity index (χ0v) is 22.7. The van der Waals surface area contributed by atoms with Gasteiger partial charge in [0.15, 0.2) is 0 Å². The third-order valence-electron chi connectivity index (χ3n) is 8.57. The van der Waals surface area contributed by atoms with E-state index in [0.29, 0.717) is 38.3 Å². The minimum Gasteiger partial charge on any atom is -0.375 e. The van der Waals surface area contributed by atoms with Gasteiger partial charge in [0, 0.05) is 68.6 Å². The number of carbonyl (C=O) groups is 1. The van der Waals surface area contributed by atoms with Gasteiger partial charge in [-0.3, -0.25) is 9.69 Å². The van der Waals surface area contributed by atoms with Gasteiger partial charge < -0.3 is 14.5 Å². The van der Waals surface area contributed by atoms with Crippen LogP contribution in [0.2, 0.25) is 0 Å². The molecule has 5 rings (SSSR count). The fraction of sp³-hybridized carbons (Fsp3) is 0.567. The number of hydrogen-bond acceptors (Lipinski definition) is 4. The number of anilines is 1.